The number of hydrogen-bond donors (Lipinski definition) is 1. The molecule has 0 aliphatic rings. The molecule has 0 aliphatic heterocycles. The van der Waals surface area contributed by atoms with Gasteiger partial charge >= 0.3 is 0 Å². The van der Waals surface area contributed by atoms with Crippen molar-refractivity contribution in [2.75, 3.05) is 7.11 Å². The summed E-state index contributed by atoms with van der Waals surface area (Å²) in [6.45, 7) is 0. The highest BCUT2D eigenvalue weighted by atomic mass is 16.5. The molecule has 0 saturated carbocycles. The fourth-order valence-corrected chi connectivity index (χ4v) is 1.83. The molecule has 0 saturated heterocycles. The van der Waals surface area contributed by atoms with E-state index in [1.807, 2.05) is 0 Å². The minimum atomic E-state index is -0.447. The Bertz CT molecular complexity index is 819. The molecule has 7 nitrogen and oxygen atoms in total. The van der Waals surface area contributed by atoms with Crippen LogP contribution in [0.15, 0.2) is 53.7 Å². The number of pyridine rings is 2. The first-order valence-electron chi connectivity index (χ1n) is 6.45. The maximum Gasteiger partial charge on any atom is 0.297 e. The average molecular weight is 296 g/mol. The largest absolute Gasteiger partial charge is 0.487 e. The molecule has 22 heavy (non-hydrogen) atoms. The lowest BCUT2D eigenvalue weighted by Crippen LogP contribution is -2.14. The number of H-pyrrole nitrogens is 1. The highest BCUT2D eigenvalue weighted by molar-refractivity contribution is 5.51. The molecule has 1 N–H and O–H groups in total. The first-order chi connectivity index (χ1) is 10.8. The Kier molecular flexibility index (Phi) is 3.78. The summed E-state index contributed by atoms with van der Waals surface area (Å²) >= 11 is 0. The van der Waals surface area contributed by atoms with Gasteiger partial charge in [0.25, 0.3) is 11.4 Å². The predicted molar refractivity (Wildman–Crippen MR) is 79.0 cm³/mol. The SMILES string of the molecule is COc1c(Oc2cccnc2)nc(-c2ccccn2)[nH]c1=O. The molecule has 110 valence electrons. The van der Waals surface area contributed by atoms with Crippen molar-refractivity contribution in [2.45, 2.75) is 0 Å². The zero-order chi connectivity index (χ0) is 15.4. The van der Waals surface area contributed by atoms with Gasteiger partial charge in [-0.3, -0.25) is 14.8 Å². The van der Waals surface area contributed by atoms with Crippen molar-refractivity contribution in [3.8, 4) is 28.9 Å². The fourth-order valence-electron chi connectivity index (χ4n) is 1.83. The molecule has 0 fully saturated rings. The van der Waals surface area contributed by atoms with Gasteiger partial charge in [-0.25, -0.2) is 0 Å². The van der Waals surface area contributed by atoms with Crippen LogP contribution in [0.3, 0.4) is 0 Å². The number of nitrogens with zero attached hydrogens (tertiary/aromatic N) is 3. The molecule has 0 unspecified atom stereocenters. The van der Waals surface area contributed by atoms with E-state index in [2.05, 4.69) is 19.9 Å². The highest BCUT2D eigenvalue weighted by Gasteiger charge is 2.16. The van der Waals surface area contributed by atoms with E-state index in [1.54, 1.807) is 42.7 Å². The summed E-state index contributed by atoms with van der Waals surface area (Å²) in [6, 6.07) is 8.73. The van der Waals surface area contributed by atoms with Crippen molar-refractivity contribution in [1.29, 1.82) is 0 Å². The summed E-state index contributed by atoms with van der Waals surface area (Å²) in [4.78, 5) is 27.1. The first kappa shape index (κ1) is 13.7. The van der Waals surface area contributed by atoms with E-state index in [4.69, 9.17) is 9.47 Å². The Morgan fingerprint density at radius 1 is 1.14 bits per heavy atom. The molecule has 3 aromatic heterocycles. The molecule has 0 radical (unpaired) electrons. The van der Waals surface area contributed by atoms with Gasteiger partial charge in [-0.05, 0) is 24.3 Å². The number of rotatable bonds is 4. The lowest BCUT2D eigenvalue weighted by atomic mass is 10.3. The van der Waals surface area contributed by atoms with Crippen molar-refractivity contribution in [3.63, 3.8) is 0 Å². The quantitative estimate of drug-likeness (QED) is 0.792. The molecule has 3 heterocycles. The average Bonchev–Trinajstić information content (AvgIpc) is 2.56. The van der Waals surface area contributed by atoms with Gasteiger partial charge in [0.1, 0.15) is 11.4 Å². The summed E-state index contributed by atoms with van der Waals surface area (Å²) < 4.78 is 10.7. The molecule has 7 heteroatoms. The van der Waals surface area contributed by atoms with Crippen LogP contribution in [0.4, 0.5) is 0 Å². The van der Waals surface area contributed by atoms with Gasteiger partial charge in [0, 0.05) is 12.4 Å². The topological polar surface area (TPSA) is 90.0 Å². The second kappa shape index (κ2) is 6.04. The van der Waals surface area contributed by atoms with Crippen molar-refractivity contribution < 1.29 is 9.47 Å². The van der Waals surface area contributed by atoms with Crippen molar-refractivity contribution in [3.05, 3.63) is 59.3 Å². The lowest BCUT2D eigenvalue weighted by Gasteiger charge is -2.09. The van der Waals surface area contributed by atoms with Gasteiger partial charge in [0.15, 0.2) is 5.82 Å². The van der Waals surface area contributed by atoms with Gasteiger partial charge in [-0.2, -0.15) is 4.98 Å². The normalized spacial score (nSPS) is 10.2. The molecule has 0 atom stereocenters. The third-order valence-electron chi connectivity index (χ3n) is 2.81. The number of ether oxygens (including phenoxy) is 2. The van der Waals surface area contributed by atoms with Crippen LogP contribution >= 0.6 is 0 Å². The zero-order valence-corrected chi connectivity index (χ0v) is 11.7. The standard InChI is InChI=1S/C15H12N4O3/c1-21-12-14(20)18-13(11-6-2-3-8-17-11)19-15(12)22-10-5-4-7-16-9-10/h2-9H,1H3,(H,18,19,20). The van der Waals surface area contributed by atoms with Crippen LogP contribution in [-0.2, 0) is 0 Å². The Hall–Kier alpha value is -3.22. The second-order valence-corrected chi connectivity index (χ2v) is 4.26. The van der Waals surface area contributed by atoms with E-state index < -0.39 is 5.56 Å². The minimum absolute atomic E-state index is 0.0106. The van der Waals surface area contributed by atoms with Crippen molar-refractivity contribution >= 4 is 0 Å². The fraction of sp³-hybridized carbons (Fsp3) is 0.0667. The van der Waals surface area contributed by atoms with E-state index in [0.29, 0.717) is 17.3 Å². The summed E-state index contributed by atoms with van der Waals surface area (Å²) in [7, 11) is 1.38. The van der Waals surface area contributed by atoms with Crippen LogP contribution < -0.4 is 15.0 Å². The van der Waals surface area contributed by atoms with Gasteiger partial charge in [-0.15, -0.1) is 0 Å². The summed E-state index contributed by atoms with van der Waals surface area (Å²) in [5.41, 5.74) is 0.0790. The summed E-state index contributed by atoms with van der Waals surface area (Å²) in [5, 5.41) is 0. The monoisotopic (exact) mass is 296 g/mol. The van der Waals surface area contributed by atoms with Crippen molar-refractivity contribution in [2.24, 2.45) is 0 Å². The molecule has 3 rings (SSSR count). The maximum absolute atomic E-state index is 12.1. The van der Waals surface area contributed by atoms with E-state index in [1.165, 1.54) is 13.3 Å². The Morgan fingerprint density at radius 3 is 2.73 bits per heavy atom. The van der Waals surface area contributed by atoms with E-state index >= 15 is 0 Å². The molecule has 0 bridgehead atoms. The van der Waals surface area contributed by atoms with E-state index in [9.17, 15) is 4.79 Å². The van der Waals surface area contributed by atoms with Gasteiger partial charge < -0.3 is 14.5 Å². The Labute approximate surface area is 125 Å². The number of aromatic nitrogens is 4. The first-order valence-corrected chi connectivity index (χ1v) is 6.45. The third kappa shape index (κ3) is 2.78. The third-order valence-corrected chi connectivity index (χ3v) is 2.81. The van der Waals surface area contributed by atoms with Crippen LogP contribution in [0, 0.1) is 0 Å². The van der Waals surface area contributed by atoms with Crippen LogP contribution in [0.2, 0.25) is 0 Å². The molecular formula is C15H12N4O3. The highest BCUT2D eigenvalue weighted by Crippen LogP contribution is 2.27. The Balaban J connectivity index is 2.07. The van der Waals surface area contributed by atoms with Crippen molar-refractivity contribution in [1.82, 2.24) is 19.9 Å². The number of aromatic amines is 1. The smallest absolute Gasteiger partial charge is 0.297 e. The number of hydrogen-bond acceptors (Lipinski definition) is 6. The van der Waals surface area contributed by atoms with Crippen LogP contribution in [0.1, 0.15) is 0 Å². The molecular weight excluding hydrogens is 284 g/mol. The lowest BCUT2D eigenvalue weighted by molar-refractivity contribution is 0.363. The molecule has 0 aromatic carbocycles. The number of nitrogens with one attached hydrogen (secondary N) is 1. The van der Waals surface area contributed by atoms with E-state index in [-0.39, 0.29) is 11.6 Å². The zero-order valence-electron chi connectivity index (χ0n) is 11.7. The van der Waals surface area contributed by atoms with Gasteiger partial charge in [-0.1, -0.05) is 6.07 Å². The Morgan fingerprint density at radius 2 is 2.05 bits per heavy atom. The second-order valence-electron chi connectivity index (χ2n) is 4.26. The minimum Gasteiger partial charge on any atom is -0.487 e. The van der Waals surface area contributed by atoms with Gasteiger partial charge in [0.05, 0.1) is 13.3 Å². The maximum atomic E-state index is 12.1. The molecule has 0 spiro atoms. The van der Waals surface area contributed by atoms with E-state index in [0.717, 1.165) is 0 Å². The summed E-state index contributed by atoms with van der Waals surface area (Å²) in [6.07, 6.45) is 4.75. The molecule has 0 amide bonds. The molecule has 3 aromatic rings. The van der Waals surface area contributed by atoms with Crippen LogP contribution in [-0.4, -0.2) is 27.0 Å². The molecule has 0 aliphatic carbocycles. The predicted octanol–water partition coefficient (Wildman–Crippen LogP) is 2.03. The van der Waals surface area contributed by atoms with Crippen LogP contribution in [0.5, 0.6) is 17.4 Å². The van der Waals surface area contributed by atoms with Crippen LogP contribution in [0.25, 0.3) is 11.5 Å². The van der Waals surface area contributed by atoms with Gasteiger partial charge in [0.2, 0.25) is 5.75 Å². The summed E-state index contributed by atoms with van der Waals surface area (Å²) in [5.74, 6) is 0.791. The number of methoxy groups -OCH3 is 1.